The lowest BCUT2D eigenvalue weighted by Gasteiger charge is -2.25. The lowest BCUT2D eigenvalue weighted by atomic mass is 10.1. The number of nitrogens with one attached hydrogen (secondary N) is 1. The Kier molecular flexibility index (Phi) is 5.85. The zero-order valence-electron chi connectivity index (χ0n) is 16.1. The number of carbonyl (C=O) groups is 4. The van der Waals surface area contributed by atoms with Crippen molar-refractivity contribution in [2.24, 2.45) is 0 Å². The van der Waals surface area contributed by atoms with Gasteiger partial charge >= 0.3 is 17.8 Å². The second-order valence-electron chi connectivity index (χ2n) is 7.31. The van der Waals surface area contributed by atoms with Crippen LogP contribution in [0.4, 0.5) is 10.5 Å². The summed E-state index contributed by atoms with van der Waals surface area (Å²) in [6.07, 6.45) is 0. The summed E-state index contributed by atoms with van der Waals surface area (Å²) in [5.74, 6) is -1.55. The Bertz CT molecular complexity index is 754. The van der Waals surface area contributed by atoms with Crippen molar-refractivity contribution in [1.82, 2.24) is 15.1 Å². The summed E-state index contributed by atoms with van der Waals surface area (Å²) < 4.78 is 5.04. The average Bonchev–Trinajstić information content (AvgIpc) is 2.77. The van der Waals surface area contributed by atoms with Crippen molar-refractivity contribution in [2.75, 3.05) is 32.3 Å². The minimum atomic E-state index is -0.933. The number of nitrogens with zero attached hydrogens (tertiary/aromatic N) is 3. The van der Waals surface area contributed by atoms with Gasteiger partial charge in [-0.15, -0.1) is 0 Å². The third-order valence-electron chi connectivity index (χ3n) is 3.69. The van der Waals surface area contributed by atoms with E-state index in [9.17, 15) is 19.2 Å². The molecule has 0 atom stereocenters. The zero-order valence-corrected chi connectivity index (χ0v) is 16.1. The number of amides is 5. The van der Waals surface area contributed by atoms with Gasteiger partial charge in [0.1, 0.15) is 5.75 Å². The highest BCUT2D eigenvalue weighted by molar-refractivity contribution is 6.52. The number of imide groups is 2. The quantitative estimate of drug-likeness (QED) is 0.582. The average molecular weight is 376 g/mol. The highest BCUT2D eigenvalue weighted by atomic mass is 16.5. The van der Waals surface area contributed by atoms with Crippen LogP contribution in [0.15, 0.2) is 24.3 Å². The van der Waals surface area contributed by atoms with Gasteiger partial charge in [0.05, 0.1) is 26.0 Å². The molecule has 1 saturated heterocycles. The fraction of sp³-hybridized carbons (Fsp3) is 0.444. The highest BCUT2D eigenvalue weighted by Crippen LogP contribution is 2.24. The maximum atomic E-state index is 12.6. The maximum Gasteiger partial charge on any atom is 0.340 e. The van der Waals surface area contributed by atoms with Crippen molar-refractivity contribution >= 4 is 29.4 Å². The first-order chi connectivity index (χ1) is 12.5. The van der Waals surface area contributed by atoms with Crippen LogP contribution in [-0.4, -0.2) is 66.5 Å². The number of carbonyl (C=O) groups excluding carboxylic acids is 4. The Morgan fingerprint density at radius 3 is 2.22 bits per heavy atom. The third kappa shape index (κ3) is 4.82. The van der Waals surface area contributed by atoms with E-state index in [1.807, 2.05) is 20.8 Å². The van der Waals surface area contributed by atoms with Crippen LogP contribution in [0.1, 0.15) is 20.8 Å². The van der Waals surface area contributed by atoms with Crippen molar-refractivity contribution in [2.45, 2.75) is 26.3 Å². The van der Waals surface area contributed by atoms with Crippen LogP contribution in [0.3, 0.4) is 0 Å². The Balaban J connectivity index is 2.07. The molecule has 1 aromatic carbocycles. The van der Waals surface area contributed by atoms with Gasteiger partial charge in [-0.2, -0.15) is 0 Å². The number of methoxy groups -OCH3 is 1. The predicted octanol–water partition coefficient (Wildman–Crippen LogP) is 0.794. The van der Waals surface area contributed by atoms with E-state index in [-0.39, 0.29) is 24.8 Å². The van der Waals surface area contributed by atoms with Crippen LogP contribution in [-0.2, 0) is 14.4 Å². The molecule has 0 aromatic heterocycles. The van der Waals surface area contributed by atoms with Gasteiger partial charge in [-0.25, -0.2) is 14.6 Å². The van der Waals surface area contributed by atoms with Crippen LogP contribution in [0.2, 0.25) is 0 Å². The maximum absolute atomic E-state index is 12.6. The second kappa shape index (κ2) is 7.75. The molecule has 5 amide bonds. The molecule has 0 radical (unpaired) electrons. The van der Waals surface area contributed by atoms with Crippen LogP contribution >= 0.6 is 0 Å². The Hall–Kier alpha value is -2.94. The largest absolute Gasteiger partial charge is 0.497 e. The number of hydrogen-bond donors (Lipinski definition) is 1. The summed E-state index contributed by atoms with van der Waals surface area (Å²) in [7, 11) is 3.08. The SMILES string of the molecule is COc1ccc(N2C(=O)C(=O)N(CN(C)CC(=O)NC(C)(C)C)C2=O)cc1. The molecule has 0 bridgehead atoms. The normalized spacial score (nSPS) is 15.0. The molecule has 1 aliphatic heterocycles. The van der Waals surface area contributed by atoms with Crippen molar-refractivity contribution < 1.29 is 23.9 Å². The van der Waals surface area contributed by atoms with E-state index in [0.29, 0.717) is 5.75 Å². The lowest BCUT2D eigenvalue weighted by Crippen LogP contribution is -2.48. The molecule has 9 heteroatoms. The van der Waals surface area contributed by atoms with E-state index in [1.165, 1.54) is 24.1 Å². The van der Waals surface area contributed by atoms with Crippen molar-refractivity contribution in [3.63, 3.8) is 0 Å². The monoisotopic (exact) mass is 376 g/mol. The van der Waals surface area contributed by atoms with E-state index in [4.69, 9.17) is 4.74 Å². The fourth-order valence-electron chi connectivity index (χ4n) is 2.58. The second-order valence-corrected chi connectivity index (χ2v) is 7.31. The Morgan fingerprint density at radius 2 is 1.70 bits per heavy atom. The molecule has 2 rings (SSSR count). The van der Waals surface area contributed by atoms with Gasteiger partial charge < -0.3 is 10.1 Å². The predicted molar refractivity (Wildman–Crippen MR) is 98.1 cm³/mol. The summed E-state index contributed by atoms with van der Waals surface area (Å²) in [5, 5.41) is 2.79. The van der Waals surface area contributed by atoms with Crippen LogP contribution in [0.25, 0.3) is 0 Å². The summed E-state index contributed by atoms with van der Waals surface area (Å²) in [4.78, 5) is 52.2. The molecule has 0 aliphatic carbocycles. The van der Waals surface area contributed by atoms with Crippen molar-refractivity contribution in [3.05, 3.63) is 24.3 Å². The fourth-order valence-corrected chi connectivity index (χ4v) is 2.58. The molecule has 9 nitrogen and oxygen atoms in total. The molecule has 0 unspecified atom stereocenters. The molecular formula is C18H24N4O5. The first-order valence-corrected chi connectivity index (χ1v) is 8.37. The lowest BCUT2D eigenvalue weighted by molar-refractivity contribution is -0.140. The van der Waals surface area contributed by atoms with E-state index in [1.54, 1.807) is 19.2 Å². The minimum absolute atomic E-state index is 0.0228. The number of rotatable bonds is 6. The summed E-state index contributed by atoms with van der Waals surface area (Å²) >= 11 is 0. The molecular weight excluding hydrogens is 352 g/mol. The van der Waals surface area contributed by atoms with Crippen LogP contribution < -0.4 is 15.0 Å². The molecule has 1 aliphatic rings. The highest BCUT2D eigenvalue weighted by Gasteiger charge is 2.45. The topological polar surface area (TPSA) is 99.3 Å². The number of benzene rings is 1. The van der Waals surface area contributed by atoms with Crippen LogP contribution in [0.5, 0.6) is 5.75 Å². The van der Waals surface area contributed by atoms with E-state index in [0.717, 1.165) is 9.80 Å². The first-order valence-electron chi connectivity index (χ1n) is 8.37. The summed E-state index contributed by atoms with van der Waals surface area (Å²) in [6, 6.07) is 5.47. The van der Waals surface area contributed by atoms with Gasteiger partial charge in [0.15, 0.2) is 0 Å². The van der Waals surface area contributed by atoms with Gasteiger partial charge in [-0.1, -0.05) is 0 Å². The smallest absolute Gasteiger partial charge is 0.340 e. The number of hydrogen-bond acceptors (Lipinski definition) is 6. The van der Waals surface area contributed by atoms with E-state index >= 15 is 0 Å². The molecule has 27 heavy (non-hydrogen) atoms. The molecule has 0 spiro atoms. The van der Waals surface area contributed by atoms with Gasteiger partial charge in [0.2, 0.25) is 5.91 Å². The first kappa shape index (κ1) is 20.4. The molecule has 1 N–H and O–H groups in total. The van der Waals surface area contributed by atoms with E-state index < -0.39 is 23.4 Å². The zero-order chi connectivity index (χ0) is 20.4. The number of likely N-dealkylation sites (N-methyl/N-ethyl adjacent to an activating group) is 1. The molecule has 0 saturated carbocycles. The van der Waals surface area contributed by atoms with E-state index in [2.05, 4.69) is 5.32 Å². The standard InChI is InChI=1S/C18H24N4O5/c1-18(2,3)19-14(23)10-20(4)11-21-15(24)16(25)22(17(21)26)12-6-8-13(27-5)9-7-12/h6-9H,10-11H2,1-5H3,(H,19,23). The van der Waals surface area contributed by atoms with Gasteiger partial charge in [-0.05, 0) is 52.1 Å². The van der Waals surface area contributed by atoms with Gasteiger partial charge in [-0.3, -0.25) is 19.3 Å². The van der Waals surface area contributed by atoms with Gasteiger partial charge in [0, 0.05) is 5.54 Å². The number of urea groups is 1. The molecule has 1 fully saturated rings. The third-order valence-corrected chi connectivity index (χ3v) is 3.69. The minimum Gasteiger partial charge on any atom is -0.497 e. The molecule has 1 aromatic rings. The number of anilines is 1. The van der Waals surface area contributed by atoms with Crippen LogP contribution in [0, 0.1) is 0 Å². The summed E-state index contributed by atoms with van der Waals surface area (Å²) in [6.45, 7) is 5.36. The van der Waals surface area contributed by atoms with Crippen molar-refractivity contribution in [1.29, 1.82) is 0 Å². The summed E-state index contributed by atoms with van der Waals surface area (Å²) in [5.41, 5.74) is -0.118. The molecule has 146 valence electrons. The number of ether oxygens (including phenoxy) is 1. The van der Waals surface area contributed by atoms with Gasteiger partial charge in [0.25, 0.3) is 0 Å². The Morgan fingerprint density at radius 1 is 1.11 bits per heavy atom. The van der Waals surface area contributed by atoms with Crippen molar-refractivity contribution in [3.8, 4) is 5.75 Å². The molecule has 1 heterocycles. The Labute approximate surface area is 157 Å².